The van der Waals surface area contributed by atoms with Crippen molar-refractivity contribution < 1.29 is 14.3 Å². The Balaban J connectivity index is 2.15. The van der Waals surface area contributed by atoms with Crippen LogP contribution in [0.4, 0.5) is 0 Å². The van der Waals surface area contributed by atoms with E-state index in [0.29, 0.717) is 0 Å². The molecule has 2 aliphatic heterocycles. The van der Waals surface area contributed by atoms with Gasteiger partial charge in [-0.3, -0.25) is 0 Å². The summed E-state index contributed by atoms with van der Waals surface area (Å²) in [4.78, 5) is 10.7. The maximum absolute atomic E-state index is 10.7. The first-order valence-electron chi connectivity index (χ1n) is 3.22. The quantitative estimate of drug-likeness (QED) is 0.444. The minimum absolute atomic E-state index is 0.169. The number of hydrogen-bond donors (Lipinski definition) is 0. The van der Waals surface area contributed by atoms with E-state index in [-0.39, 0.29) is 18.4 Å². The first-order chi connectivity index (χ1) is 4.36. The van der Waals surface area contributed by atoms with E-state index in [1.165, 1.54) is 0 Å². The van der Waals surface area contributed by atoms with E-state index in [0.717, 1.165) is 19.3 Å². The molecule has 2 bridgehead atoms. The van der Waals surface area contributed by atoms with E-state index in [1.807, 2.05) is 0 Å². The van der Waals surface area contributed by atoms with Gasteiger partial charge in [0.05, 0.1) is 0 Å². The highest BCUT2D eigenvalue weighted by Gasteiger charge is 2.38. The number of ether oxygens (including phenoxy) is 2. The average Bonchev–Trinajstić information content (AvgIpc) is 2.09. The Morgan fingerprint density at radius 2 is 2.33 bits per heavy atom. The third-order valence-corrected chi connectivity index (χ3v) is 1.73. The number of hydrogen-bond acceptors (Lipinski definition) is 3. The fraction of sp³-hybridized carbons (Fsp3) is 0.833. The predicted molar refractivity (Wildman–Crippen MR) is 28.6 cm³/mol. The Hall–Kier alpha value is -0.570. The normalized spacial score (nSPS) is 40.7. The van der Waals surface area contributed by atoms with E-state index in [2.05, 4.69) is 0 Å². The van der Waals surface area contributed by atoms with E-state index in [1.54, 1.807) is 0 Å². The molecule has 2 heterocycles. The lowest BCUT2D eigenvalue weighted by Gasteiger charge is -2.13. The standard InChI is InChI=1S/C6H8O3/c7-6-4-2-1-3-5(8-4)9-6/h4-5H,1-3H2/t4-,5+/m0/s1. The molecule has 0 saturated carbocycles. The monoisotopic (exact) mass is 128 g/mol. The van der Waals surface area contributed by atoms with Crippen molar-refractivity contribution in [1.29, 1.82) is 0 Å². The van der Waals surface area contributed by atoms with Gasteiger partial charge in [-0.05, 0) is 12.8 Å². The molecule has 0 spiro atoms. The smallest absolute Gasteiger partial charge is 0.337 e. The summed E-state index contributed by atoms with van der Waals surface area (Å²) in [7, 11) is 0. The van der Waals surface area contributed by atoms with E-state index in [4.69, 9.17) is 9.47 Å². The van der Waals surface area contributed by atoms with Crippen molar-refractivity contribution in [1.82, 2.24) is 0 Å². The van der Waals surface area contributed by atoms with Crippen LogP contribution in [0.25, 0.3) is 0 Å². The molecule has 0 aromatic carbocycles. The Bertz CT molecular complexity index is 143. The van der Waals surface area contributed by atoms with Gasteiger partial charge in [0, 0.05) is 6.42 Å². The van der Waals surface area contributed by atoms with Crippen LogP contribution in [0.3, 0.4) is 0 Å². The summed E-state index contributed by atoms with van der Waals surface area (Å²) in [6.45, 7) is 0. The molecule has 2 rings (SSSR count). The molecule has 0 N–H and O–H groups in total. The van der Waals surface area contributed by atoms with E-state index >= 15 is 0 Å². The van der Waals surface area contributed by atoms with Crippen molar-refractivity contribution in [3.63, 3.8) is 0 Å². The average molecular weight is 128 g/mol. The van der Waals surface area contributed by atoms with Gasteiger partial charge >= 0.3 is 5.97 Å². The van der Waals surface area contributed by atoms with Crippen molar-refractivity contribution in [2.45, 2.75) is 31.7 Å². The molecule has 2 atom stereocenters. The fourth-order valence-corrected chi connectivity index (χ4v) is 1.25. The van der Waals surface area contributed by atoms with Crippen LogP contribution < -0.4 is 0 Å². The molecule has 2 saturated heterocycles. The van der Waals surface area contributed by atoms with E-state index < -0.39 is 0 Å². The summed E-state index contributed by atoms with van der Waals surface area (Å²) in [6, 6.07) is 0. The Labute approximate surface area is 52.9 Å². The highest BCUT2D eigenvalue weighted by molar-refractivity contribution is 5.76. The highest BCUT2D eigenvalue weighted by Crippen LogP contribution is 2.27. The molecule has 0 radical (unpaired) electrons. The summed E-state index contributed by atoms with van der Waals surface area (Å²) in [5.41, 5.74) is 0. The zero-order valence-electron chi connectivity index (χ0n) is 5.00. The second-order valence-corrected chi connectivity index (χ2v) is 2.42. The first kappa shape index (κ1) is 5.23. The number of carbonyl (C=O) groups is 1. The van der Waals surface area contributed by atoms with Crippen LogP contribution in [0.1, 0.15) is 19.3 Å². The van der Waals surface area contributed by atoms with Crippen molar-refractivity contribution in [2.24, 2.45) is 0 Å². The van der Waals surface area contributed by atoms with Crippen LogP contribution in [-0.2, 0) is 14.3 Å². The third-order valence-electron chi connectivity index (χ3n) is 1.73. The van der Waals surface area contributed by atoms with Gasteiger partial charge in [-0.25, -0.2) is 4.79 Å². The van der Waals surface area contributed by atoms with Gasteiger partial charge in [0.25, 0.3) is 0 Å². The van der Waals surface area contributed by atoms with Crippen LogP contribution in [0.15, 0.2) is 0 Å². The lowest BCUT2D eigenvalue weighted by Crippen LogP contribution is -2.19. The Kier molecular flexibility index (Phi) is 0.990. The SMILES string of the molecule is O=C1O[C@@H]2CCC[C@@H]1O2. The summed E-state index contributed by atoms with van der Waals surface area (Å²) >= 11 is 0. The summed E-state index contributed by atoms with van der Waals surface area (Å²) in [5, 5.41) is 0. The van der Waals surface area contributed by atoms with Gasteiger partial charge in [-0.2, -0.15) is 0 Å². The molecule has 3 heteroatoms. The fourth-order valence-electron chi connectivity index (χ4n) is 1.25. The topological polar surface area (TPSA) is 35.5 Å². The third kappa shape index (κ3) is 0.721. The molecule has 2 aliphatic rings. The zero-order chi connectivity index (χ0) is 6.27. The number of carbonyl (C=O) groups excluding carboxylic acids is 1. The molecule has 9 heavy (non-hydrogen) atoms. The number of fused-ring (bicyclic) bond motifs is 2. The van der Waals surface area contributed by atoms with Crippen molar-refractivity contribution in [3.05, 3.63) is 0 Å². The lowest BCUT2D eigenvalue weighted by atomic mass is 10.1. The van der Waals surface area contributed by atoms with Gasteiger partial charge in [-0.1, -0.05) is 0 Å². The van der Waals surface area contributed by atoms with Crippen LogP contribution in [0.5, 0.6) is 0 Å². The number of rotatable bonds is 0. The Morgan fingerprint density at radius 3 is 3.00 bits per heavy atom. The molecule has 0 unspecified atom stereocenters. The summed E-state index contributed by atoms with van der Waals surface area (Å²) in [6.07, 6.45) is 2.33. The maximum atomic E-state index is 10.7. The van der Waals surface area contributed by atoms with Crippen molar-refractivity contribution in [3.8, 4) is 0 Å². The summed E-state index contributed by atoms with van der Waals surface area (Å²) < 4.78 is 9.96. The molecular formula is C6H8O3. The van der Waals surface area contributed by atoms with Gasteiger partial charge < -0.3 is 9.47 Å². The lowest BCUT2D eigenvalue weighted by molar-refractivity contribution is -0.143. The van der Waals surface area contributed by atoms with Gasteiger partial charge in [-0.15, -0.1) is 0 Å². The molecule has 0 aromatic heterocycles. The Morgan fingerprint density at radius 1 is 1.44 bits per heavy atom. The summed E-state index contributed by atoms with van der Waals surface area (Å²) in [5.74, 6) is -0.169. The first-order valence-corrected chi connectivity index (χ1v) is 3.22. The molecule has 0 aliphatic carbocycles. The largest absolute Gasteiger partial charge is 0.434 e. The molecule has 0 amide bonds. The van der Waals surface area contributed by atoms with E-state index in [9.17, 15) is 4.79 Å². The maximum Gasteiger partial charge on any atom is 0.337 e. The molecular weight excluding hydrogens is 120 g/mol. The van der Waals surface area contributed by atoms with Gasteiger partial charge in [0.2, 0.25) is 6.29 Å². The minimum atomic E-state index is -0.233. The van der Waals surface area contributed by atoms with Crippen molar-refractivity contribution in [2.75, 3.05) is 0 Å². The molecule has 0 aromatic rings. The predicted octanol–water partition coefficient (Wildman–Crippen LogP) is 0.438. The highest BCUT2D eigenvalue weighted by atomic mass is 16.8. The zero-order valence-corrected chi connectivity index (χ0v) is 5.00. The number of esters is 1. The molecule has 2 fully saturated rings. The second kappa shape index (κ2) is 1.70. The van der Waals surface area contributed by atoms with Crippen LogP contribution in [0.2, 0.25) is 0 Å². The van der Waals surface area contributed by atoms with Crippen LogP contribution >= 0.6 is 0 Å². The van der Waals surface area contributed by atoms with Gasteiger partial charge in [0.15, 0.2) is 6.10 Å². The molecule has 50 valence electrons. The minimum Gasteiger partial charge on any atom is -0.434 e. The van der Waals surface area contributed by atoms with Crippen LogP contribution in [-0.4, -0.2) is 18.4 Å². The van der Waals surface area contributed by atoms with Crippen LogP contribution in [0, 0.1) is 0 Å². The van der Waals surface area contributed by atoms with Crippen molar-refractivity contribution >= 4 is 5.97 Å². The second-order valence-electron chi connectivity index (χ2n) is 2.42. The molecule has 3 nitrogen and oxygen atoms in total. The van der Waals surface area contributed by atoms with Gasteiger partial charge in [0.1, 0.15) is 0 Å².